The van der Waals surface area contributed by atoms with Crippen molar-refractivity contribution >= 4 is 11.3 Å². The zero-order valence-electron chi connectivity index (χ0n) is 7.66. The third kappa shape index (κ3) is 2.03. The van der Waals surface area contributed by atoms with Gasteiger partial charge in [0.1, 0.15) is 5.75 Å². The summed E-state index contributed by atoms with van der Waals surface area (Å²) >= 11 is 1.68. The molecule has 0 amide bonds. The smallest absolute Gasteiger partial charge is 0.134 e. The molecule has 0 radical (unpaired) electrons. The third-order valence-corrected chi connectivity index (χ3v) is 3.41. The number of thiophene rings is 1. The normalized spacial score (nSPS) is 17.9. The molecule has 1 aliphatic rings. The lowest BCUT2D eigenvalue weighted by Gasteiger charge is -2.12. The zero-order valence-corrected chi connectivity index (χ0v) is 8.48. The van der Waals surface area contributed by atoms with E-state index in [1.165, 1.54) is 30.6 Å². The molecule has 0 atom stereocenters. The van der Waals surface area contributed by atoms with Crippen molar-refractivity contribution in [3.63, 3.8) is 0 Å². The van der Waals surface area contributed by atoms with Gasteiger partial charge < -0.3 is 10.5 Å². The molecule has 2 nitrogen and oxygen atoms in total. The molecule has 13 heavy (non-hydrogen) atoms. The minimum Gasteiger partial charge on any atom is -0.489 e. The number of hydrogen-bond acceptors (Lipinski definition) is 3. The Balaban J connectivity index is 1.99. The first-order valence-electron chi connectivity index (χ1n) is 4.83. The van der Waals surface area contributed by atoms with E-state index >= 15 is 0 Å². The van der Waals surface area contributed by atoms with Crippen LogP contribution in [0.2, 0.25) is 0 Å². The Hall–Kier alpha value is -0.540. The number of rotatable bonds is 3. The van der Waals surface area contributed by atoms with Crippen molar-refractivity contribution in [1.82, 2.24) is 0 Å². The molecule has 1 heterocycles. The average Bonchev–Trinajstić information content (AvgIpc) is 2.76. The van der Waals surface area contributed by atoms with Crippen LogP contribution in [0.1, 0.15) is 30.6 Å². The molecule has 0 aliphatic heterocycles. The van der Waals surface area contributed by atoms with Crippen LogP contribution in [0, 0.1) is 0 Å². The topological polar surface area (TPSA) is 35.2 Å². The van der Waals surface area contributed by atoms with E-state index in [2.05, 4.69) is 0 Å². The van der Waals surface area contributed by atoms with Gasteiger partial charge in [-0.3, -0.25) is 0 Å². The van der Waals surface area contributed by atoms with Crippen molar-refractivity contribution in [3.05, 3.63) is 16.3 Å². The molecule has 0 bridgehead atoms. The molecule has 0 spiro atoms. The molecular formula is C10H15NOS. The Morgan fingerprint density at radius 2 is 2.23 bits per heavy atom. The van der Waals surface area contributed by atoms with Gasteiger partial charge in [-0.1, -0.05) is 0 Å². The van der Waals surface area contributed by atoms with E-state index in [1.54, 1.807) is 11.3 Å². The van der Waals surface area contributed by atoms with Gasteiger partial charge >= 0.3 is 0 Å². The molecule has 2 N–H and O–H groups in total. The van der Waals surface area contributed by atoms with Crippen molar-refractivity contribution in [2.24, 2.45) is 5.73 Å². The van der Waals surface area contributed by atoms with E-state index in [0.717, 1.165) is 5.75 Å². The van der Waals surface area contributed by atoms with Gasteiger partial charge in [0.05, 0.1) is 11.0 Å². The molecule has 3 heteroatoms. The van der Waals surface area contributed by atoms with Crippen LogP contribution in [0.4, 0.5) is 0 Å². The van der Waals surface area contributed by atoms with Gasteiger partial charge in [-0.15, -0.1) is 11.3 Å². The molecule has 0 saturated heterocycles. The molecule has 1 aromatic heterocycles. The summed E-state index contributed by atoms with van der Waals surface area (Å²) in [7, 11) is 0. The van der Waals surface area contributed by atoms with Crippen molar-refractivity contribution in [2.75, 3.05) is 0 Å². The van der Waals surface area contributed by atoms with E-state index in [0.29, 0.717) is 12.6 Å². The standard InChI is InChI=1S/C10H15NOS/c11-7-10-9(5-6-13-10)12-8-3-1-2-4-8/h5-6,8H,1-4,7,11H2. The Morgan fingerprint density at radius 1 is 1.46 bits per heavy atom. The largest absolute Gasteiger partial charge is 0.489 e. The van der Waals surface area contributed by atoms with Crippen molar-refractivity contribution in [2.45, 2.75) is 38.3 Å². The lowest BCUT2D eigenvalue weighted by molar-refractivity contribution is 0.209. The summed E-state index contributed by atoms with van der Waals surface area (Å²) in [5.41, 5.74) is 5.60. The number of hydrogen-bond donors (Lipinski definition) is 1. The summed E-state index contributed by atoms with van der Waals surface area (Å²) < 4.78 is 5.87. The average molecular weight is 197 g/mol. The number of ether oxygens (including phenoxy) is 1. The summed E-state index contributed by atoms with van der Waals surface area (Å²) in [5, 5.41) is 2.05. The molecule has 2 rings (SSSR count). The van der Waals surface area contributed by atoms with Crippen LogP contribution in [-0.2, 0) is 6.54 Å². The van der Waals surface area contributed by atoms with Gasteiger partial charge in [0.15, 0.2) is 0 Å². The minimum atomic E-state index is 0.444. The Labute approximate surface area is 82.7 Å². The van der Waals surface area contributed by atoms with Gasteiger partial charge in [0, 0.05) is 6.54 Å². The highest BCUT2D eigenvalue weighted by molar-refractivity contribution is 7.10. The summed E-state index contributed by atoms with van der Waals surface area (Å²) in [6.45, 7) is 0.597. The monoisotopic (exact) mass is 197 g/mol. The van der Waals surface area contributed by atoms with Gasteiger partial charge in [-0.2, -0.15) is 0 Å². The van der Waals surface area contributed by atoms with Crippen LogP contribution in [-0.4, -0.2) is 6.10 Å². The van der Waals surface area contributed by atoms with Gasteiger partial charge in [0.2, 0.25) is 0 Å². The van der Waals surface area contributed by atoms with Crippen LogP contribution in [0.3, 0.4) is 0 Å². The van der Waals surface area contributed by atoms with Crippen LogP contribution in [0.5, 0.6) is 5.75 Å². The zero-order chi connectivity index (χ0) is 9.10. The van der Waals surface area contributed by atoms with Crippen molar-refractivity contribution in [1.29, 1.82) is 0 Å². The quantitative estimate of drug-likeness (QED) is 0.808. The summed E-state index contributed by atoms with van der Waals surface area (Å²) in [4.78, 5) is 1.17. The molecule has 1 fully saturated rings. The summed E-state index contributed by atoms with van der Waals surface area (Å²) in [6.07, 6.45) is 5.49. The van der Waals surface area contributed by atoms with E-state index in [1.807, 2.05) is 11.4 Å². The molecule has 1 aromatic rings. The van der Waals surface area contributed by atoms with Gasteiger partial charge in [0.25, 0.3) is 0 Å². The molecule has 0 aromatic carbocycles. The molecule has 72 valence electrons. The summed E-state index contributed by atoms with van der Waals surface area (Å²) in [6, 6.07) is 2.03. The van der Waals surface area contributed by atoms with Crippen LogP contribution in [0.25, 0.3) is 0 Å². The second-order valence-corrected chi connectivity index (χ2v) is 4.44. The van der Waals surface area contributed by atoms with E-state index in [-0.39, 0.29) is 0 Å². The molecule has 1 aliphatic carbocycles. The maximum absolute atomic E-state index is 5.87. The fourth-order valence-corrected chi connectivity index (χ4v) is 2.45. The predicted molar refractivity (Wildman–Crippen MR) is 55.1 cm³/mol. The first kappa shape index (κ1) is 9.03. The number of nitrogens with two attached hydrogens (primary N) is 1. The predicted octanol–water partition coefficient (Wildman–Crippen LogP) is 2.53. The SMILES string of the molecule is NCc1sccc1OC1CCCC1. The third-order valence-electron chi connectivity index (χ3n) is 2.49. The summed E-state index contributed by atoms with van der Waals surface area (Å²) in [5.74, 6) is 1.01. The van der Waals surface area contributed by atoms with E-state index < -0.39 is 0 Å². The Kier molecular flexibility index (Phi) is 2.86. The maximum atomic E-state index is 5.87. The second-order valence-electron chi connectivity index (χ2n) is 3.44. The van der Waals surface area contributed by atoms with Crippen LogP contribution in [0.15, 0.2) is 11.4 Å². The fraction of sp³-hybridized carbons (Fsp3) is 0.600. The van der Waals surface area contributed by atoms with Crippen molar-refractivity contribution in [3.8, 4) is 5.75 Å². The van der Waals surface area contributed by atoms with Crippen LogP contribution >= 0.6 is 11.3 Å². The van der Waals surface area contributed by atoms with Crippen LogP contribution < -0.4 is 10.5 Å². The lowest BCUT2D eigenvalue weighted by Crippen LogP contribution is -2.11. The first-order valence-corrected chi connectivity index (χ1v) is 5.71. The van der Waals surface area contributed by atoms with E-state index in [4.69, 9.17) is 10.5 Å². The maximum Gasteiger partial charge on any atom is 0.134 e. The molecular weight excluding hydrogens is 182 g/mol. The second kappa shape index (κ2) is 4.11. The van der Waals surface area contributed by atoms with Crippen molar-refractivity contribution < 1.29 is 4.74 Å². The van der Waals surface area contributed by atoms with Gasteiger partial charge in [-0.05, 0) is 37.1 Å². The fourth-order valence-electron chi connectivity index (χ4n) is 1.77. The highest BCUT2D eigenvalue weighted by atomic mass is 32.1. The molecule has 0 unspecified atom stereocenters. The first-order chi connectivity index (χ1) is 6.40. The molecule has 1 saturated carbocycles. The Morgan fingerprint density at radius 3 is 2.92 bits per heavy atom. The highest BCUT2D eigenvalue weighted by Gasteiger charge is 2.17. The minimum absolute atomic E-state index is 0.444. The van der Waals surface area contributed by atoms with E-state index in [9.17, 15) is 0 Å². The van der Waals surface area contributed by atoms with Gasteiger partial charge in [-0.25, -0.2) is 0 Å². The lowest BCUT2D eigenvalue weighted by atomic mass is 10.3. The Bertz CT molecular complexity index is 266. The highest BCUT2D eigenvalue weighted by Crippen LogP contribution is 2.29.